The third-order valence-corrected chi connectivity index (χ3v) is 6.90. The maximum absolute atomic E-state index is 12.7. The highest BCUT2D eigenvalue weighted by atomic mass is 32.2. The number of carbonyl (C=O) groups is 2. The number of ketones is 1. The van der Waals surface area contributed by atoms with Crippen molar-refractivity contribution in [2.45, 2.75) is 43.9 Å². The van der Waals surface area contributed by atoms with E-state index in [4.69, 9.17) is 4.74 Å². The highest BCUT2D eigenvalue weighted by Gasteiger charge is 2.25. The Morgan fingerprint density at radius 1 is 0.931 bits per heavy atom. The molecule has 0 aliphatic carbocycles. The summed E-state index contributed by atoms with van der Waals surface area (Å²) >= 11 is 0. The molecule has 2 aromatic rings. The molecule has 0 unspecified atom stereocenters. The highest BCUT2D eigenvalue weighted by Crippen LogP contribution is 2.21. The SMILES string of the molecule is CC(=O)c1ccc(OC(=O)CCc2ccc(S(=O)(=O)N3CCCCC3)cc2)cc1. The number of hydrogen-bond acceptors (Lipinski definition) is 5. The van der Waals surface area contributed by atoms with Gasteiger partial charge in [-0.25, -0.2) is 8.42 Å². The van der Waals surface area contributed by atoms with Crippen LogP contribution in [0.2, 0.25) is 0 Å². The van der Waals surface area contributed by atoms with Gasteiger partial charge >= 0.3 is 5.97 Å². The molecule has 0 saturated carbocycles. The number of aryl methyl sites for hydroxylation is 1. The number of benzene rings is 2. The Labute approximate surface area is 171 Å². The molecular formula is C22H25NO5S. The van der Waals surface area contributed by atoms with Crippen LogP contribution in [0.4, 0.5) is 0 Å². The molecular weight excluding hydrogens is 390 g/mol. The molecule has 0 spiro atoms. The fourth-order valence-electron chi connectivity index (χ4n) is 3.27. The summed E-state index contributed by atoms with van der Waals surface area (Å²) in [6.07, 6.45) is 3.50. The molecule has 0 aromatic heterocycles. The van der Waals surface area contributed by atoms with Crippen LogP contribution in [-0.2, 0) is 21.2 Å². The maximum Gasteiger partial charge on any atom is 0.311 e. The molecule has 0 atom stereocenters. The van der Waals surface area contributed by atoms with E-state index < -0.39 is 10.0 Å². The fourth-order valence-corrected chi connectivity index (χ4v) is 4.79. The summed E-state index contributed by atoms with van der Waals surface area (Å²) in [5.41, 5.74) is 1.43. The molecule has 0 N–H and O–H groups in total. The predicted molar refractivity (Wildman–Crippen MR) is 109 cm³/mol. The van der Waals surface area contributed by atoms with E-state index in [1.807, 2.05) is 0 Å². The highest BCUT2D eigenvalue weighted by molar-refractivity contribution is 7.89. The second-order valence-electron chi connectivity index (χ2n) is 7.16. The van der Waals surface area contributed by atoms with E-state index in [0.29, 0.717) is 30.8 Å². The number of sulfonamides is 1. The van der Waals surface area contributed by atoms with Crippen LogP contribution in [0.1, 0.15) is 48.5 Å². The summed E-state index contributed by atoms with van der Waals surface area (Å²) in [4.78, 5) is 23.6. The van der Waals surface area contributed by atoms with E-state index in [0.717, 1.165) is 24.8 Å². The van der Waals surface area contributed by atoms with Crippen molar-refractivity contribution in [2.24, 2.45) is 0 Å². The molecule has 1 saturated heterocycles. The third-order valence-electron chi connectivity index (χ3n) is 4.99. The topological polar surface area (TPSA) is 80.8 Å². The average molecular weight is 416 g/mol. The summed E-state index contributed by atoms with van der Waals surface area (Å²) in [6, 6.07) is 13.1. The zero-order valence-electron chi connectivity index (χ0n) is 16.5. The van der Waals surface area contributed by atoms with E-state index in [9.17, 15) is 18.0 Å². The molecule has 154 valence electrons. The Balaban J connectivity index is 1.54. The lowest BCUT2D eigenvalue weighted by Crippen LogP contribution is -2.35. The fraction of sp³-hybridized carbons (Fsp3) is 0.364. The van der Waals surface area contributed by atoms with E-state index in [2.05, 4.69) is 0 Å². The molecule has 29 heavy (non-hydrogen) atoms. The van der Waals surface area contributed by atoms with Crippen molar-refractivity contribution >= 4 is 21.8 Å². The monoisotopic (exact) mass is 415 g/mol. The van der Waals surface area contributed by atoms with Gasteiger partial charge in [0.2, 0.25) is 10.0 Å². The second-order valence-corrected chi connectivity index (χ2v) is 9.10. The molecule has 1 heterocycles. The Morgan fingerprint density at radius 3 is 2.14 bits per heavy atom. The molecule has 2 aromatic carbocycles. The zero-order chi connectivity index (χ0) is 20.9. The lowest BCUT2D eigenvalue weighted by molar-refractivity contribution is -0.134. The summed E-state index contributed by atoms with van der Waals surface area (Å²) in [5.74, 6) is -0.0396. The zero-order valence-corrected chi connectivity index (χ0v) is 17.3. The minimum Gasteiger partial charge on any atom is -0.427 e. The van der Waals surface area contributed by atoms with Crippen molar-refractivity contribution < 1.29 is 22.7 Å². The molecule has 7 heteroatoms. The van der Waals surface area contributed by atoms with Crippen LogP contribution in [0, 0.1) is 0 Å². The predicted octanol–water partition coefficient (Wildman–Crippen LogP) is 3.60. The van der Waals surface area contributed by atoms with E-state index in [1.54, 1.807) is 52.8 Å². The van der Waals surface area contributed by atoms with Gasteiger partial charge in [0, 0.05) is 25.1 Å². The van der Waals surface area contributed by atoms with E-state index in [-0.39, 0.29) is 23.1 Å². The van der Waals surface area contributed by atoms with Crippen LogP contribution in [0.3, 0.4) is 0 Å². The van der Waals surface area contributed by atoms with Gasteiger partial charge in [0.15, 0.2) is 5.78 Å². The number of Topliss-reactive ketones (excluding diaryl/α,β-unsaturated/α-hetero) is 1. The molecule has 6 nitrogen and oxygen atoms in total. The van der Waals surface area contributed by atoms with Crippen molar-refractivity contribution in [3.8, 4) is 5.75 Å². The first-order valence-electron chi connectivity index (χ1n) is 9.77. The van der Waals surface area contributed by atoms with Crippen LogP contribution in [0.25, 0.3) is 0 Å². The Kier molecular flexibility index (Phi) is 6.82. The van der Waals surface area contributed by atoms with Gasteiger partial charge in [0.05, 0.1) is 4.90 Å². The lowest BCUT2D eigenvalue weighted by atomic mass is 10.1. The van der Waals surface area contributed by atoms with Gasteiger partial charge in [-0.2, -0.15) is 4.31 Å². The molecule has 1 fully saturated rings. The summed E-state index contributed by atoms with van der Waals surface area (Å²) in [5, 5.41) is 0. The maximum atomic E-state index is 12.7. The van der Waals surface area contributed by atoms with Crippen molar-refractivity contribution in [3.63, 3.8) is 0 Å². The van der Waals surface area contributed by atoms with Gasteiger partial charge in [-0.05, 0) is 68.1 Å². The van der Waals surface area contributed by atoms with Gasteiger partial charge < -0.3 is 4.74 Å². The Hall–Kier alpha value is -2.51. The molecule has 3 rings (SSSR count). The van der Waals surface area contributed by atoms with Crippen molar-refractivity contribution in [1.29, 1.82) is 0 Å². The van der Waals surface area contributed by atoms with Crippen LogP contribution < -0.4 is 4.74 Å². The lowest BCUT2D eigenvalue weighted by Gasteiger charge is -2.25. The minimum atomic E-state index is -3.44. The van der Waals surface area contributed by atoms with Gasteiger partial charge in [-0.15, -0.1) is 0 Å². The first kappa shape index (κ1) is 21.2. The van der Waals surface area contributed by atoms with Gasteiger partial charge in [-0.1, -0.05) is 18.6 Å². The Morgan fingerprint density at radius 2 is 1.55 bits per heavy atom. The van der Waals surface area contributed by atoms with Gasteiger partial charge in [0.25, 0.3) is 0 Å². The molecule has 1 aliphatic rings. The van der Waals surface area contributed by atoms with Crippen molar-refractivity contribution in [3.05, 3.63) is 59.7 Å². The number of piperidine rings is 1. The molecule has 1 aliphatic heterocycles. The number of esters is 1. The molecule has 0 radical (unpaired) electrons. The van der Waals surface area contributed by atoms with Crippen LogP contribution in [0.5, 0.6) is 5.75 Å². The third kappa shape index (κ3) is 5.52. The number of rotatable bonds is 7. The van der Waals surface area contributed by atoms with E-state index >= 15 is 0 Å². The Bertz CT molecular complexity index is 959. The standard InChI is InChI=1S/C22H25NO5S/c1-17(24)19-8-10-20(11-9-19)28-22(25)14-7-18-5-12-21(13-6-18)29(26,27)23-15-3-2-4-16-23/h5-6,8-13H,2-4,7,14-16H2,1H3. The van der Waals surface area contributed by atoms with E-state index in [1.165, 1.54) is 6.92 Å². The summed E-state index contributed by atoms with van der Waals surface area (Å²) < 4.78 is 32.1. The quantitative estimate of drug-likeness (QED) is 0.392. The smallest absolute Gasteiger partial charge is 0.311 e. The molecule has 0 bridgehead atoms. The first-order valence-corrected chi connectivity index (χ1v) is 11.2. The minimum absolute atomic E-state index is 0.0476. The number of ether oxygens (including phenoxy) is 1. The van der Waals surface area contributed by atoms with Crippen LogP contribution in [0.15, 0.2) is 53.4 Å². The van der Waals surface area contributed by atoms with Gasteiger partial charge in [-0.3, -0.25) is 9.59 Å². The average Bonchev–Trinajstić information content (AvgIpc) is 2.73. The second kappa shape index (κ2) is 9.33. The van der Waals surface area contributed by atoms with Crippen molar-refractivity contribution in [1.82, 2.24) is 4.31 Å². The first-order chi connectivity index (χ1) is 13.9. The van der Waals surface area contributed by atoms with Crippen molar-refractivity contribution in [2.75, 3.05) is 13.1 Å². The summed E-state index contributed by atoms with van der Waals surface area (Å²) in [6.45, 7) is 2.62. The van der Waals surface area contributed by atoms with Crippen LogP contribution >= 0.6 is 0 Å². The number of hydrogen-bond donors (Lipinski definition) is 0. The summed E-state index contributed by atoms with van der Waals surface area (Å²) in [7, 11) is -3.44. The molecule has 0 amide bonds. The van der Waals surface area contributed by atoms with Gasteiger partial charge in [0.1, 0.15) is 5.75 Å². The number of nitrogens with zero attached hydrogens (tertiary/aromatic N) is 1. The largest absolute Gasteiger partial charge is 0.427 e. The van der Waals surface area contributed by atoms with Crippen LogP contribution in [-0.4, -0.2) is 37.6 Å². The number of carbonyl (C=O) groups excluding carboxylic acids is 2. The normalized spacial score (nSPS) is 15.1.